The van der Waals surface area contributed by atoms with Crippen molar-refractivity contribution in [2.75, 3.05) is 25.0 Å². The normalized spacial score (nSPS) is 14.7. The summed E-state index contributed by atoms with van der Waals surface area (Å²) in [5.74, 6) is -2.68. The Balaban J connectivity index is 1.20. The van der Waals surface area contributed by atoms with Crippen LogP contribution in [0.25, 0.3) is 33.4 Å². The summed E-state index contributed by atoms with van der Waals surface area (Å²) in [6.07, 6.45) is 2.40. The van der Waals surface area contributed by atoms with Crippen molar-refractivity contribution in [3.63, 3.8) is 0 Å². The van der Waals surface area contributed by atoms with Crippen molar-refractivity contribution in [1.29, 1.82) is 0 Å². The average Bonchev–Trinajstić information content (AvgIpc) is 3.05. The second-order valence-corrected chi connectivity index (χ2v) is 13.9. The molecule has 0 saturated carbocycles. The van der Waals surface area contributed by atoms with Crippen LogP contribution < -0.4 is 16.1 Å². The molecule has 1 saturated heterocycles. The van der Waals surface area contributed by atoms with Gasteiger partial charge >= 0.3 is 11.9 Å². The van der Waals surface area contributed by atoms with Crippen molar-refractivity contribution >= 4 is 57.6 Å². The van der Waals surface area contributed by atoms with Gasteiger partial charge in [-0.1, -0.05) is 26.8 Å². The number of piperidine rings is 1. The quantitative estimate of drug-likeness (QED) is 0.0532. The number of carbonyl (C=O) groups excluding carboxylic acids is 3. The highest BCUT2D eigenvalue weighted by Crippen LogP contribution is 2.42. The third-order valence-corrected chi connectivity index (χ3v) is 8.52. The third-order valence-electron chi connectivity index (χ3n) is 8.27. The summed E-state index contributed by atoms with van der Waals surface area (Å²) in [5.41, 5.74) is 1.46. The van der Waals surface area contributed by atoms with Gasteiger partial charge in [0.1, 0.15) is 23.1 Å². The zero-order chi connectivity index (χ0) is 36.2. The van der Waals surface area contributed by atoms with E-state index in [0.717, 1.165) is 6.42 Å². The fourth-order valence-corrected chi connectivity index (χ4v) is 6.24. The molecule has 50 heavy (non-hydrogen) atoms. The molecule has 1 aliphatic carbocycles. The number of nitrogens with one attached hydrogen (secondary N) is 2. The number of Topliss-reactive ketones (excluding diaryl/α,β-unsaturated/α-hetero) is 1. The van der Waals surface area contributed by atoms with E-state index in [2.05, 4.69) is 10.6 Å². The first-order valence-corrected chi connectivity index (χ1v) is 16.8. The minimum absolute atomic E-state index is 0.0341. The summed E-state index contributed by atoms with van der Waals surface area (Å²) in [7, 11) is 0. The van der Waals surface area contributed by atoms with Gasteiger partial charge in [-0.3, -0.25) is 14.4 Å². The average molecular weight is 702 g/mol. The topological polar surface area (TPSA) is 175 Å². The van der Waals surface area contributed by atoms with Crippen molar-refractivity contribution in [3.8, 4) is 28.2 Å². The SMILES string of the molecule is CC(C)(C)CC(=O)C(=O)N1CCCC[C@H]1C(=O)OCCCNC(=S)Nc1ccc(-c2c3ccc(=O)cc-3oc3cc(O)ccc23)c(C(=O)O)c1. The molecule has 1 amide bonds. The third kappa shape index (κ3) is 8.46. The summed E-state index contributed by atoms with van der Waals surface area (Å²) >= 11 is 5.41. The maximum atomic E-state index is 12.9. The Kier molecular flexibility index (Phi) is 10.9. The number of likely N-dealkylation sites (tertiary alicyclic amines) is 1. The van der Waals surface area contributed by atoms with E-state index in [1.54, 1.807) is 24.3 Å². The van der Waals surface area contributed by atoms with Crippen LogP contribution in [0.15, 0.2) is 63.8 Å². The Hall–Kier alpha value is -5.30. The number of ether oxygens (including phenoxy) is 1. The number of hydrogen-bond acceptors (Lipinski definition) is 9. The Labute approximate surface area is 293 Å². The number of hydrogen-bond donors (Lipinski definition) is 4. The molecule has 5 rings (SSSR count). The lowest BCUT2D eigenvalue weighted by Gasteiger charge is -2.34. The number of aromatic carboxylic acids is 1. The summed E-state index contributed by atoms with van der Waals surface area (Å²) < 4.78 is 11.3. The van der Waals surface area contributed by atoms with E-state index in [0.29, 0.717) is 60.1 Å². The highest BCUT2D eigenvalue weighted by Gasteiger charge is 2.37. The number of nitrogens with zero attached hydrogens (tertiary/aromatic N) is 1. The molecule has 12 nitrogen and oxygen atoms in total. The van der Waals surface area contributed by atoms with Gasteiger partial charge in [-0.25, -0.2) is 9.59 Å². The lowest BCUT2D eigenvalue weighted by Crippen LogP contribution is -2.51. The fraction of sp³-hybridized carbons (Fsp3) is 0.351. The Bertz CT molecular complexity index is 2000. The van der Waals surface area contributed by atoms with Crippen LogP contribution in [0.2, 0.25) is 0 Å². The summed E-state index contributed by atoms with van der Waals surface area (Å²) in [6.45, 7) is 6.38. The number of phenols is 1. The molecule has 1 fully saturated rings. The molecule has 0 aromatic heterocycles. The molecule has 3 aliphatic rings. The van der Waals surface area contributed by atoms with Gasteiger partial charge in [0, 0.05) is 53.8 Å². The van der Waals surface area contributed by atoms with Crippen molar-refractivity contribution in [3.05, 3.63) is 70.4 Å². The van der Waals surface area contributed by atoms with Crippen LogP contribution in [0, 0.1) is 5.41 Å². The maximum absolute atomic E-state index is 12.9. The summed E-state index contributed by atoms with van der Waals surface area (Å²) in [4.78, 5) is 64.2. The highest BCUT2D eigenvalue weighted by molar-refractivity contribution is 7.80. The van der Waals surface area contributed by atoms with Crippen molar-refractivity contribution in [2.24, 2.45) is 5.41 Å². The van der Waals surface area contributed by atoms with Crippen molar-refractivity contribution in [2.45, 2.75) is 58.9 Å². The highest BCUT2D eigenvalue weighted by atomic mass is 32.1. The minimum Gasteiger partial charge on any atom is -0.508 e. The summed E-state index contributed by atoms with van der Waals surface area (Å²) in [5, 5.41) is 27.0. The first kappa shape index (κ1) is 36.0. The van der Waals surface area contributed by atoms with Gasteiger partial charge in [0.2, 0.25) is 5.78 Å². The second-order valence-electron chi connectivity index (χ2n) is 13.5. The number of phenolic OH excluding ortho intramolecular Hbond substituents is 1. The molecule has 0 radical (unpaired) electrons. The molecule has 13 heteroatoms. The molecule has 0 spiro atoms. The van der Waals surface area contributed by atoms with E-state index in [1.807, 2.05) is 20.8 Å². The molecule has 1 atom stereocenters. The monoisotopic (exact) mass is 701 g/mol. The van der Waals surface area contributed by atoms with Crippen LogP contribution in [-0.2, 0) is 19.1 Å². The van der Waals surface area contributed by atoms with Gasteiger partial charge in [-0.2, -0.15) is 0 Å². The molecule has 2 heterocycles. The van der Waals surface area contributed by atoms with Crippen molar-refractivity contribution in [1.82, 2.24) is 10.2 Å². The Morgan fingerprint density at radius 3 is 2.52 bits per heavy atom. The van der Waals surface area contributed by atoms with Crippen LogP contribution in [0.5, 0.6) is 5.75 Å². The number of anilines is 1. The van der Waals surface area contributed by atoms with E-state index in [9.17, 15) is 34.2 Å². The van der Waals surface area contributed by atoms with Gasteiger partial charge in [0.05, 0.1) is 12.2 Å². The minimum atomic E-state index is -1.19. The molecule has 2 aromatic carbocycles. The zero-order valence-corrected chi connectivity index (χ0v) is 28.9. The van der Waals surface area contributed by atoms with Gasteiger partial charge < -0.3 is 34.9 Å². The zero-order valence-electron chi connectivity index (χ0n) is 28.0. The number of fused-ring (bicyclic) bond motifs is 2. The number of carboxylic acids is 1. The number of carboxylic acid groups (broad SMARTS) is 1. The first-order chi connectivity index (χ1) is 23.7. The van der Waals surface area contributed by atoms with Crippen LogP contribution in [0.4, 0.5) is 5.69 Å². The largest absolute Gasteiger partial charge is 0.508 e. The van der Waals surface area contributed by atoms with Gasteiger partial charge in [0.25, 0.3) is 5.91 Å². The van der Waals surface area contributed by atoms with E-state index in [-0.39, 0.29) is 51.6 Å². The number of aromatic hydroxyl groups is 1. The van der Waals surface area contributed by atoms with Crippen LogP contribution in [0.1, 0.15) is 63.2 Å². The standard InChI is InChI=1S/C37H39N3O9S/c1-37(2,3)20-29(43)33(44)40-15-5-4-7-28(40)35(47)48-16-6-14-38-36(50)39-21-8-11-24(27(17-21)34(45)46)32-25-12-9-22(41)18-30(25)49-31-19-23(42)10-13-26(31)32/h8-13,17-19,28,41H,4-7,14-16,20H2,1-3H3,(H,45,46)(H2,38,39,50)/t28-/m0/s1. The van der Waals surface area contributed by atoms with E-state index < -0.39 is 29.7 Å². The molecular formula is C37H39N3O9S. The molecule has 0 unspecified atom stereocenters. The van der Waals surface area contributed by atoms with Crippen LogP contribution in [0.3, 0.4) is 0 Å². The predicted octanol–water partition coefficient (Wildman–Crippen LogP) is 5.57. The molecule has 0 bridgehead atoms. The number of amides is 1. The second kappa shape index (κ2) is 15.1. The molecule has 2 aliphatic heterocycles. The lowest BCUT2D eigenvalue weighted by atomic mass is 9.89. The Morgan fingerprint density at radius 1 is 1.02 bits per heavy atom. The maximum Gasteiger partial charge on any atom is 0.336 e. The lowest BCUT2D eigenvalue weighted by molar-refractivity contribution is -0.159. The van der Waals surface area contributed by atoms with Crippen LogP contribution >= 0.6 is 12.2 Å². The number of esters is 1. The molecular weight excluding hydrogens is 662 g/mol. The number of rotatable bonds is 10. The van der Waals surface area contributed by atoms with Gasteiger partial charge in [-0.15, -0.1) is 0 Å². The number of benzene rings is 3. The van der Waals surface area contributed by atoms with Gasteiger partial charge in [-0.05, 0) is 85.3 Å². The van der Waals surface area contributed by atoms with Crippen molar-refractivity contribution < 1.29 is 38.5 Å². The summed E-state index contributed by atoms with van der Waals surface area (Å²) in [6, 6.07) is 12.7. The van der Waals surface area contributed by atoms with E-state index in [4.69, 9.17) is 21.4 Å². The van der Waals surface area contributed by atoms with Crippen LogP contribution in [-0.4, -0.2) is 69.6 Å². The van der Waals surface area contributed by atoms with E-state index in [1.165, 1.54) is 35.2 Å². The predicted molar refractivity (Wildman–Crippen MR) is 191 cm³/mol. The smallest absolute Gasteiger partial charge is 0.336 e. The number of thiocarbonyl (C=S) groups is 1. The van der Waals surface area contributed by atoms with Gasteiger partial charge in [0.15, 0.2) is 10.5 Å². The molecule has 4 N–H and O–H groups in total. The van der Waals surface area contributed by atoms with E-state index >= 15 is 0 Å². The fourth-order valence-electron chi connectivity index (χ4n) is 6.02. The number of carbonyl (C=O) groups is 4. The number of ketones is 1. The molecule has 262 valence electrons. The Morgan fingerprint density at radius 2 is 1.78 bits per heavy atom. The molecule has 2 aromatic rings. The first-order valence-electron chi connectivity index (χ1n) is 16.3.